The molecule has 0 aliphatic carbocycles. The molecule has 1 aliphatic heterocycles. The number of ether oxygens (including phenoxy) is 2. The molecule has 1 atom stereocenters. The van der Waals surface area contributed by atoms with Crippen molar-refractivity contribution in [1.29, 1.82) is 0 Å². The molecule has 0 fully saturated rings. The third kappa shape index (κ3) is 2.09. The monoisotopic (exact) mass is 223 g/mol. The van der Waals surface area contributed by atoms with Gasteiger partial charge in [-0.25, -0.2) is 0 Å². The van der Waals surface area contributed by atoms with Gasteiger partial charge >= 0.3 is 5.97 Å². The normalized spacial score (nSPS) is 14.8. The van der Waals surface area contributed by atoms with E-state index < -0.39 is 12.0 Å². The summed E-state index contributed by atoms with van der Waals surface area (Å²) in [5.74, 6) is 0.526. The Hall–Kier alpha value is -1.75. The Morgan fingerprint density at radius 1 is 1.50 bits per heavy atom. The number of carboxylic acid groups (broad SMARTS) is 1. The van der Waals surface area contributed by atoms with Gasteiger partial charge in [-0.05, 0) is 31.2 Å². The van der Waals surface area contributed by atoms with Crippen molar-refractivity contribution in [3.8, 4) is 11.5 Å². The van der Waals surface area contributed by atoms with Crippen molar-refractivity contribution in [1.82, 2.24) is 5.32 Å². The van der Waals surface area contributed by atoms with Crippen molar-refractivity contribution in [3.05, 3.63) is 23.8 Å². The standard InChI is InChI=1S/C11H13NO4/c1-12-8(11(13)14)4-7-2-3-9-10(5-7)16-6-15-9/h2-3,5,8,12H,4,6H2,1H3,(H,13,14). The van der Waals surface area contributed by atoms with E-state index in [1.54, 1.807) is 13.1 Å². The highest BCUT2D eigenvalue weighted by atomic mass is 16.7. The zero-order chi connectivity index (χ0) is 11.5. The van der Waals surface area contributed by atoms with Gasteiger partial charge in [0, 0.05) is 0 Å². The lowest BCUT2D eigenvalue weighted by Gasteiger charge is -2.11. The molecule has 16 heavy (non-hydrogen) atoms. The van der Waals surface area contributed by atoms with Crippen molar-refractivity contribution in [2.45, 2.75) is 12.5 Å². The fraction of sp³-hybridized carbons (Fsp3) is 0.364. The van der Waals surface area contributed by atoms with Crippen molar-refractivity contribution in [2.24, 2.45) is 0 Å². The number of carbonyl (C=O) groups is 1. The lowest BCUT2D eigenvalue weighted by atomic mass is 10.1. The number of carboxylic acids is 1. The van der Waals surface area contributed by atoms with Crippen LogP contribution in [0.1, 0.15) is 5.56 Å². The van der Waals surface area contributed by atoms with E-state index >= 15 is 0 Å². The Labute approximate surface area is 93.0 Å². The zero-order valence-electron chi connectivity index (χ0n) is 8.90. The molecule has 0 bridgehead atoms. The van der Waals surface area contributed by atoms with Crippen LogP contribution in [0.2, 0.25) is 0 Å². The van der Waals surface area contributed by atoms with Crippen LogP contribution in [0.4, 0.5) is 0 Å². The van der Waals surface area contributed by atoms with E-state index in [9.17, 15) is 4.79 Å². The summed E-state index contributed by atoms with van der Waals surface area (Å²) in [5.41, 5.74) is 0.908. The van der Waals surface area contributed by atoms with E-state index in [0.717, 1.165) is 5.56 Å². The topological polar surface area (TPSA) is 67.8 Å². The molecular weight excluding hydrogens is 210 g/mol. The number of likely N-dealkylation sites (N-methyl/N-ethyl adjacent to an activating group) is 1. The maximum Gasteiger partial charge on any atom is 0.321 e. The van der Waals surface area contributed by atoms with Crippen molar-refractivity contribution in [2.75, 3.05) is 13.8 Å². The molecule has 1 aliphatic rings. The van der Waals surface area contributed by atoms with Crippen LogP contribution in [-0.4, -0.2) is 31.0 Å². The first-order valence-electron chi connectivity index (χ1n) is 4.99. The molecule has 5 nitrogen and oxygen atoms in total. The van der Waals surface area contributed by atoms with Crippen LogP contribution in [0.5, 0.6) is 11.5 Å². The van der Waals surface area contributed by atoms with E-state index in [0.29, 0.717) is 17.9 Å². The summed E-state index contributed by atoms with van der Waals surface area (Å²) in [5, 5.41) is 11.7. The second kappa shape index (κ2) is 4.40. The van der Waals surface area contributed by atoms with E-state index in [4.69, 9.17) is 14.6 Å². The minimum atomic E-state index is -0.861. The molecule has 0 spiro atoms. The van der Waals surface area contributed by atoms with Gasteiger partial charge in [-0.3, -0.25) is 4.79 Å². The predicted molar refractivity (Wildman–Crippen MR) is 56.8 cm³/mol. The third-order valence-electron chi connectivity index (χ3n) is 2.52. The van der Waals surface area contributed by atoms with Gasteiger partial charge in [-0.2, -0.15) is 0 Å². The first-order chi connectivity index (χ1) is 7.70. The maximum absolute atomic E-state index is 10.9. The Balaban J connectivity index is 2.13. The van der Waals surface area contributed by atoms with Crippen molar-refractivity contribution >= 4 is 5.97 Å². The molecule has 1 aromatic carbocycles. The SMILES string of the molecule is CNC(Cc1ccc2c(c1)OCO2)C(=O)O. The van der Waals surface area contributed by atoms with E-state index in [1.807, 2.05) is 12.1 Å². The minimum absolute atomic E-state index is 0.229. The van der Waals surface area contributed by atoms with Gasteiger partial charge < -0.3 is 19.9 Å². The smallest absolute Gasteiger partial charge is 0.321 e. The van der Waals surface area contributed by atoms with Crippen LogP contribution in [-0.2, 0) is 11.2 Å². The van der Waals surface area contributed by atoms with Crippen molar-refractivity contribution in [3.63, 3.8) is 0 Å². The molecule has 2 rings (SSSR count). The van der Waals surface area contributed by atoms with Gasteiger partial charge in [0.1, 0.15) is 6.04 Å². The van der Waals surface area contributed by atoms with Crippen LogP contribution in [0.25, 0.3) is 0 Å². The van der Waals surface area contributed by atoms with Crippen LogP contribution in [0.3, 0.4) is 0 Å². The highest BCUT2D eigenvalue weighted by molar-refractivity contribution is 5.73. The number of nitrogens with one attached hydrogen (secondary N) is 1. The molecule has 0 aromatic heterocycles. The lowest BCUT2D eigenvalue weighted by Crippen LogP contribution is -2.35. The van der Waals surface area contributed by atoms with Crippen LogP contribution in [0, 0.1) is 0 Å². The van der Waals surface area contributed by atoms with Crippen LogP contribution < -0.4 is 14.8 Å². The Kier molecular flexibility index (Phi) is 2.96. The summed E-state index contributed by atoms with van der Waals surface area (Å²) < 4.78 is 10.4. The van der Waals surface area contributed by atoms with Crippen LogP contribution in [0.15, 0.2) is 18.2 Å². The molecule has 0 saturated carbocycles. The van der Waals surface area contributed by atoms with Gasteiger partial charge in [0.15, 0.2) is 11.5 Å². The first kappa shape index (κ1) is 10.8. The number of benzene rings is 1. The molecule has 1 heterocycles. The number of hydrogen-bond acceptors (Lipinski definition) is 4. The van der Waals surface area contributed by atoms with Crippen molar-refractivity contribution < 1.29 is 19.4 Å². The summed E-state index contributed by atoms with van der Waals surface area (Å²) >= 11 is 0. The molecular formula is C11H13NO4. The third-order valence-corrected chi connectivity index (χ3v) is 2.52. The molecule has 0 saturated heterocycles. The number of fused-ring (bicyclic) bond motifs is 1. The average Bonchev–Trinajstić information content (AvgIpc) is 2.72. The van der Waals surface area contributed by atoms with E-state index in [2.05, 4.69) is 5.32 Å². The molecule has 2 N–H and O–H groups in total. The maximum atomic E-state index is 10.9. The van der Waals surface area contributed by atoms with E-state index in [-0.39, 0.29) is 6.79 Å². The first-order valence-corrected chi connectivity index (χ1v) is 4.99. The summed E-state index contributed by atoms with van der Waals surface area (Å²) in [6.45, 7) is 0.229. The molecule has 86 valence electrons. The van der Waals surface area contributed by atoms with Gasteiger partial charge in [0.2, 0.25) is 6.79 Å². The summed E-state index contributed by atoms with van der Waals surface area (Å²) in [7, 11) is 1.63. The fourth-order valence-corrected chi connectivity index (χ4v) is 1.62. The second-order valence-electron chi connectivity index (χ2n) is 3.57. The second-order valence-corrected chi connectivity index (χ2v) is 3.57. The fourth-order valence-electron chi connectivity index (χ4n) is 1.62. The lowest BCUT2D eigenvalue weighted by molar-refractivity contribution is -0.139. The molecule has 0 radical (unpaired) electrons. The number of hydrogen-bond donors (Lipinski definition) is 2. The van der Waals surface area contributed by atoms with Gasteiger partial charge in [-0.1, -0.05) is 6.07 Å². The Morgan fingerprint density at radius 3 is 2.94 bits per heavy atom. The Morgan fingerprint density at radius 2 is 2.25 bits per heavy atom. The highest BCUT2D eigenvalue weighted by Gasteiger charge is 2.18. The van der Waals surface area contributed by atoms with E-state index in [1.165, 1.54) is 0 Å². The minimum Gasteiger partial charge on any atom is -0.480 e. The number of aliphatic carboxylic acids is 1. The zero-order valence-corrected chi connectivity index (χ0v) is 8.90. The summed E-state index contributed by atoms with van der Waals surface area (Å²) in [6, 6.07) is 4.88. The average molecular weight is 223 g/mol. The van der Waals surface area contributed by atoms with Crippen LogP contribution >= 0.6 is 0 Å². The largest absolute Gasteiger partial charge is 0.480 e. The Bertz CT molecular complexity index is 405. The van der Waals surface area contributed by atoms with Gasteiger partial charge in [-0.15, -0.1) is 0 Å². The molecule has 0 amide bonds. The predicted octanol–water partition coefficient (Wildman–Crippen LogP) is 0.630. The molecule has 1 aromatic rings. The number of rotatable bonds is 4. The molecule has 1 unspecified atom stereocenters. The molecule has 5 heteroatoms. The van der Waals surface area contributed by atoms with Gasteiger partial charge in [0.05, 0.1) is 0 Å². The quantitative estimate of drug-likeness (QED) is 0.783. The highest BCUT2D eigenvalue weighted by Crippen LogP contribution is 2.32. The summed E-state index contributed by atoms with van der Waals surface area (Å²) in [4.78, 5) is 10.9. The van der Waals surface area contributed by atoms with Gasteiger partial charge in [0.25, 0.3) is 0 Å². The summed E-state index contributed by atoms with van der Waals surface area (Å²) in [6.07, 6.45) is 0.419.